The maximum Gasteiger partial charge on any atom is 0.337 e. The largest absolute Gasteiger partial charge is 0.478 e. The van der Waals surface area contributed by atoms with Crippen molar-refractivity contribution >= 4 is 41.1 Å². The highest BCUT2D eigenvalue weighted by Crippen LogP contribution is 2.25. The highest BCUT2D eigenvalue weighted by molar-refractivity contribution is 6.39. The molecule has 0 saturated heterocycles. The number of rotatable bonds is 1. The van der Waals surface area contributed by atoms with E-state index in [9.17, 15) is 9.90 Å². The summed E-state index contributed by atoms with van der Waals surface area (Å²) in [6, 6.07) is 10.8. The van der Waals surface area contributed by atoms with Gasteiger partial charge in [-0.15, -0.1) is 0 Å². The fourth-order valence-electron chi connectivity index (χ4n) is 2.40. The first-order valence-electron chi connectivity index (χ1n) is 5.90. The molecule has 1 aromatic heterocycles. The quantitative estimate of drug-likeness (QED) is 0.529. The first-order valence-corrected chi connectivity index (χ1v) is 5.90. The lowest BCUT2D eigenvalue weighted by atomic mass is 9.89. The van der Waals surface area contributed by atoms with Gasteiger partial charge in [0.1, 0.15) is 7.85 Å². The van der Waals surface area contributed by atoms with Crippen LogP contribution in [0.1, 0.15) is 15.9 Å². The van der Waals surface area contributed by atoms with E-state index >= 15 is 0 Å². The molecule has 0 atom stereocenters. The molecular weight excluding hydrogens is 237 g/mol. The standard InChI is InChI=1S/C15H10BNO2/c1-8-6-10-13(15(18)19)9-4-2-3-5-12(9)17-14(10)11(16)7-8/h2-7H,1H3,(H,18,19). The number of aromatic carboxylic acids is 1. The first kappa shape index (κ1) is 11.7. The second-order valence-electron chi connectivity index (χ2n) is 4.56. The number of carboxylic acid groups (broad SMARTS) is 1. The second kappa shape index (κ2) is 4.09. The summed E-state index contributed by atoms with van der Waals surface area (Å²) in [5.41, 5.74) is 2.87. The highest BCUT2D eigenvalue weighted by Gasteiger charge is 2.15. The molecule has 0 saturated carbocycles. The molecule has 0 spiro atoms. The van der Waals surface area contributed by atoms with Crippen molar-refractivity contribution in [3.63, 3.8) is 0 Å². The summed E-state index contributed by atoms with van der Waals surface area (Å²) in [6.07, 6.45) is 0. The Morgan fingerprint density at radius 2 is 1.95 bits per heavy atom. The maximum absolute atomic E-state index is 11.6. The maximum atomic E-state index is 11.6. The number of fused-ring (bicyclic) bond motifs is 2. The molecular formula is C15H10BNO2. The highest BCUT2D eigenvalue weighted by atomic mass is 16.4. The minimum Gasteiger partial charge on any atom is -0.478 e. The van der Waals surface area contributed by atoms with Crippen LogP contribution in [0.25, 0.3) is 21.8 Å². The lowest BCUT2D eigenvalue weighted by molar-refractivity contribution is 0.0701. The molecule has 2 aromatic carbocycles. The molecule has 90 valence electrons. The summed E-state index contributed by atoms with van der Waals surface area (Å²) in [5.74, 6) is -0.964. The zero-order valence-electron chi connectivity index (χ0n) is 10.3. The molecule has 0 amide bonds. The molecule has 0 aliphatic carbocycles. The monoisotopic (exact) mass is 247 g/mol. The number of nitrogens with zero attached hydrogens (tertiary/aromatic N) is 1. The average Bonchev–Trinajstić information content (AvgIpc) is 2.36. The van der Waals surface area contributed by atoms with Crippen molar-refractivity contribution in [2.24, 2.45) is 0 Å². The van der Waals surface area contributed by atoms with E-state index in [0.717, 1.165) is 5.56 Å². The van der Waals surface area contributed by atoms with E-state index < -0.39 is 5.97 Å². The molecule has 0 bridgehead atoms. The summed E-state index contributed by atoms with van der Waals surface area (Å²) < 4.78 is 0. The number of para-hydroxylation sites is 1. The van der Waals surface area contributed by atoms with Crippen molar-refractivity contribution in [3.05, 3.63) is 47.5 Å². The molecule has 0 unspecified atom stereocenters. The lowest BCUT2D eigenvalue weighted by Gasteiger charge is -2.10. The van der Waals surface area contributed by atoms with Gasteiger partial charge < -0.3 is 5.11 Å². The van der Waals surface area contributed by atoms with Crippen LogP contribution in [0.5, 0.6) is 0 Å². The number of hydrogen-bond donors (Lipinski definition) is 1. The van der Waals surface area contributed by atoms with E-state index in [1.54, 1.807) is 24.3 Å². The molecule has 19 heavy (non-hydrogen) atoms. The van der Waals surface area contributed by atoms with E-state index in [1.807, 2.05) is 19.1 Å². The van der Waals surface area contributed by atoms with Crippen LogP contribution in [0.2, 0.25) is 0 Å². The zero-order chi connectivity index (χ0) is 13.6. The van der Waals surface area contributed by atoms with Gasteiger partial charge in [0.15, 0.2) is 0 Å². The van der Waals surface area contributed by atoms with Crippen LogP contribution in [0.15, 0.2) is 36.4 Å². The van der Waals surface area contributed by atoms with Crippen LogP contribution in [0.3, 0.4) is 0 Å². The van der Waals surface area contributed by atoms with Gasteiger partial charge in [-0.2, -0.15) is 0 Å². The number of benzene rings is 2. The molecule has 3 nitrogen and oxygen atoms in total. The third-order valence-electron chi connectivity index (χ3n) is 3.17. The van der Waals surface area contributed by atoms with Crippen molar-refractivity contribution in [1.82, 2.24) is 4.98 Å². The summed E-state index contributed by atoms with van der Waals surface area (Å²) in [7, 11) is 5.96. The number of carboxylic acids is 1. The van der Waals surface area contributed by atoms with Gasteiger partial charge in [-0.3, -0.25) is 0 Å². The van der Waals surface area contributed by atoms with Gasteiger partial charge in [-0.25, -0.2) is 9.78 Å². The van der Waals surface area contributed by atoms with E-state index in [1.165, 1.54) is 0 Å². The van der Waals surface area contributed by atoms with Gasteiger partial charge in [0.25, 0.3) is 0 Å². The lowest BCUT2D eigenvalue weighted by Crippen LogP contribution is -2.10. The van der Waals surface area contributed by atoms with Gasteiger partial charge in [0.05, 0.1) is 16.6 Å². The molecule has 1 heterocycles. The van der Waals surface area contributed by atoms with Crippen molar-refractivity contribution in [2.45, 2.75) is 6.92 Å². The normalized spacial score (nSPS) is 11.0. The van der Waals surface area contributed by atoms with Crippen molar-refractivity contribution in [1.29, 1.82) is 0 Å². The Balaban J connectivity index is 2.63. The van der Waals surface area contributed by atoms with Gasteiger partial charge in [0.2, 0.25) is 0 Å². The van der Waals surface area contributed by atoms with E-state index in [-0.39, 0.29) is 5.56 Å². The first-order chi connectivity index (χ1) is 9.08. The van der Waals surface area contributed by atoms with E-state index in [0.29, 0.717) is 27.3 Å². The molecule has 4 heteroatoms. The van der Waals surface area contributed by atoms with Gasteiger partial charge >= 0.3 is 5.97 Å². The third kappa shape index (κ3) is 1.76. The molecule has 2 radical (unpaired) electrons. The summed E-state index contributed by atoms with van der Waals surface area (Å²) in [4.78, 5) is 16.1. The average molecular weight is 247 g/mol. The third-order valence-corrected chi connectivity index (χ3v) is 3.17. The fraction of sp³-hybridized carbons (Fsp3) is 0.0667. The summed E-state index contributed by atoms with van der Waals surface area (Å²) >= 11 is 0. The Bertz CT molecular complexity index is 827. The number of pyridine rings is 1. The SMILES string of the molecule is [B]c1cc(C)cc2c(C(=O)O)c3ccccc3nc12. The molecule has 0 aliphatic rings. The predicted molar refractivity (Wildman–Crippen MR) is 76.3 cm³/mol. The van der Waals surface area contributed by atoms with Crippen LogP contribution >= 0.6 is 0 Å². The Hall–Kier alpha value is -2.36. The topological polar surface area (TPSA) is 50.2 Å². The number of aromatic nitrogens is 1. The molecule has 3 rings (SSSR count). The van der Waals surface area contributed by atoms with Gasteiger partial charge in [-0.1, -0.05) is 35.3 Å². The van der Waals surface area contributed by atoms with Gasteiger partial charge in [0, 0.05) is 10.8 Å². The molecule has 0 fully saturated rings. The Morgan fingerprint density at radius 3 is 2.68 bits per heavy atom. The van der Waals surface area contributed by atoms with E-state index in [2.05, 4.69) is 4.98 Å². The minimum absolute atomic E-state index is 0.260. The number of hydrogen-bond acceptors (Lipinski definition) is 2. The zero-order valence-corrected chi connectivity index (χ0v) is 10.3. The van der Waals surface area contributed by atoms with E-state index in [4.69, 9.17) is 7.85 Å². The van der Waals surface area contributed by atoms with Crippen LogP contribution < -0.4 is 5.46 Å². The van der Waals surface area contributed by atoms with Crippen molar-refractivity contribution in [3.8, 4) is 0 Å². The minimum atomic E-state index is -0.964. The predicted octanol–water partition coefficient (Wildman–Crippen LogP) is 2.19. The summed E-state index contributed by atoms with van der Waals surface area (Å²) in [5, 5.41) is 10.7. The summed E-state index contributed by atoms with van der Waals surface area (Å²) in [6.45, 7) is 1.89. The van der Waals surface area contributed by atoms with Crippen LogP contribution in [-0.2, 0) is 0 Å². The van der Waals surface area contributed by atoms with Crippen LogP contribution in [-0.4, -0.2) is 23.9 Å². The van der Waals surface area contributed by atoms with Crippen LogP contribution in [0, 0.1) is 6.92 Å². The molecule has 1 N–H and O–H groups in total. The van der Waals surface area contributed by atoms with Crippen molar-refractivity contribution in [2.75, 3.05) is 0 Å². The van der Waals surface area contributed by atoms with Crippen molar-refractivity contribution < 1.29 is 9.90 Å². The Labute approximate surface area is 111 Å². The number of aryl methyl sites for hydroxylation is 1. The molecule has 0 aliphatic heterocycles. The van der Waals surface area contributed by atoms with Crippen LogP contribution in [0.4, 0.5) is 0 Å². The smallest absolute Gasteiger partial charge is 0.337 e. The fourth-order valence-corrected chi connectivity index (χ4v) is 2.40. The Kier molecular flexibility index (Phi) is 2.52. The van der Waals surface area contributed by atoms with Gasteiger partial charge in [-0.05, 0) is 19.1 Å². The number of carbonyl (C=O) groups is 1. The molecule has 3 aromatic rings. The Morgan fingerprint density at radius 1 is 1.21 bits per heavy atom. The second-order valence-corrected chi connectivity index (χ2v) is 4.56.